The maximum absolute atomic E-state index is 13.9. The molecule has 2 N–H and O–H groups in total. The van der Waals surface area contributed by atoms with Crippen LogP contribution in [0.15, 0.2) is 70.2 Å². The Morgan fingerprint density at radius 1 is 1.07 bits per heavy atom. The number of aliphatic hydroxyl groups is 1. The molecule has 10 nitrogen and oxygen atoms in total. The normalized spacial score (nSPS) is 13.3. The Morgan fingerprint density at radius 2 is 1.79 bits per heavy atom. The molecule has 1 heterocycles. The van der Waals surface area contributed by atoms with Crippen LogP contribution in [0, 0.1) is 18.3 Å². The molecule has 2 amide bonds. The first-order valence-electron chi connectivity index (χ1n) is 13.8. The molecule has 2 aromatic carbocycles. The highest BCUT2D eigenvalue weighted by Gasteiger charge is 2.36. The summed E-state index contributed by atoms with van der Waals surface area (Å²) < 4.78 is 34.4. The van der Waals surface area contributed by atoms with Gasteiger partial charge in [0.25, 0.3) is 5.91 Å². The third kappa shape index (κ3) is 8.90. The summed E-state index contributed by atoms with van der Waals surface area (Å²) in [5.41, 5.74) is 4.01. The van der Waals surface area contributed by atoms with Crippen molar-refractivity contribution in [2.75, 3.05) is 33.7 Å². The van der Waals surface area contributed by atoms with E-state index in [9.17, 15) is 23.1 Å². The Morgan fingerprint density at radius 3 is 2.43 bits per heavy atom. The molecule has 226 valence electrons. The molecule has 0 unspecified atom stereocenters. The fourth-order valence-electron chi connectivity index (χ4n) is 4.60. The first-order chi connectivity index (χ1) is 19.9. The third-order valence-electron chi connectivity index (χ3n) is 6.54. The lowest BCUT2D eigenvalue weighted by molar-refractivity contribution is -0.148. The smallest absolute Gasteiger partial charge is 0.252 e. The summed E-state index contributed by atoms with van der Waals surface area (Å²) >= 11 is 0. The Labute approximate surface area is 248 Å². The molecule has 0 spiro atoms. The van der Waals surface area contributed by atoms with Gasteiger partial charge in [-0.15, -0.1) is 12.3 Å². The maximum Gasteiger partial charge on any atom is 0.252 e. The molecule has 0 aliphatic carbocycles. The number of hydrazine groups is 1. The predicted octanol–water partition coefficient (Wildman–Crippen LogP) is 2.89. The molecule has 3 rings (SSSR count). The standard InChI is InChI=1S/C31H40N4O6S/c1-6-7-13-31(38)35(32-30(37)22-33(4)5)27(18-24-11-9-8-10-12-24)28(36)21-34(20-23(2)3)42(39,40)26-14-15-29-25(19-26)16-17-41-29/h1,8-12,14-17,19,23,27-28,36H,7,13,18,20-22H2,2-5H3,(H,32,37)/t27-,28+/m0/s1. The van der Waals surface area contributed by atoms with Gasteiger partial charge in [-0.3, -0.25) is 15.0 Å². The van der Waals surface area contributed by atoms with Crippen molar-refractivity contribution >= 4 is 32.8 Å². The molecule has 3 aromatic rings. The van der Waals surface area contributed by atoms with E-state index in [-0.39, 0.29) is 49.7 Å². The number of aliphatic hydroxyl groups excluding tert-OH is 1. The molecule has 2 atom stereocenters. The minimum Gasteiger partial charge on any atom is -0.464 e. The number of carbonyl (C=O) groups excluding carboxylic acids is 2. The monoisotopic (exact) mass is 596 g/mol. The first kappa shape index (κ1) is 32.8. The van der Waals surface area contributed by atoms with E-state index >= 15 is 0 Å². The molecule has 0 aliphatic rings. The van der Waals surface area contributed by atoms with Gasteiger partial charge in [0.2, 0.25) is 15.9 Å². The molecule has 0 saturated carbocycles. The number of hydrogen-bond acceptors (Lipinski definition) is 7. The molecule has 42 heavy (non-hydrogen) atoms. The Balaban J connectivity index is 2.01. The summed E-state index contributed by atoms with van der Waals surface area (Å²) in [5, 5.41) is 13.5. The highest BCUT2D eigenvalue weighted by molar-refractivity contribution is 7.89. The highest BCUT2D eigenvalue weighted by atomic mass is 32.2. The summed E-state index contributed by atoms with van der Waals surface area (Å²) in [4.78, 5) is 27.9. The number of amides is 2. The third-order valence-corrected chi connectivity index (χ3v) is 8.37. The second kappa shape index (κ2) is 15.0. The van der Waals surface area contributed by atoms with E-state index in [1.807, 2.05) is 44.2 Å². The van der Waals surface area contributed by atoms with E-state index in [1.54, 1.807) is 31.1 Å². The van der Waals surface area contributed by atoms with Gasteiger partial charge in [-0.2, -0.15) is 4.31 Å². The zero-order valence-corrected chi connectivity index (χ0v) is 25.4. The Hall–Kier alpha value is -3.69. The summed E-state index contributed by atoms with van der Waals surface area (Å²) in [6, 6.07) is 14.5. The minimum absolute atomic E-state index is 0.00257. The van der Waals surface area contributed by atoms with Gasteiger partial charge < -0.3 is 14.4 Å². The number of benzene rings is 2. The van der Waals surface area contributed by atoms with Crippen LogP contribution in [0.25, 0.3) is 11.0 Å². The van der Waals surface area contributed by atoms with Crippen LogP contribution in [0.2, 0.25) is 0 Å². The summed E-state index contributed by atoms with van der Waals surface area (Å²) in [6.45, 7) is 3.57. The summed E-state index contributed by atoms with van der Waals surface area (Å²) in [6.07, 6.45) is 5.75. The molecule has 11 heteroatoms. The van der Waals surface area contributed by atoms with Crippen LogP contribution in [-0.2, 0) is 26.0 Å². The lowest BCUT2D eigenvalue weighted by Crippen LogP contribution is -2.60. The fraction of sp³-hybridized carbons (Fsp3) is 0.419. The number of nitrogens with one attached hydrogen (secondary N) is 1. The number of sulfonamides is 1. The molecule has 0 saturated heterocycles. The van der Waals surface area contributed by atoms with Crippen LogP contribution >= 0.6 is 0 Å². The summed E-state index contributed by atoms with van der Waals surface area (Å²) in [7, 11) is -0.622. The van der Waals surface area contributed by atoms with Crippen molar-refractivity contribution in [2.24, 2.45) is 5.92 Å². The number of nitrogens with zero attached hydrogens (tertiary/aromatic N) is 3. The van der Waals surface area contributed by atoms with Gasteiger partial charge in [-0.25, -0.2) is 13.4 Å². The topological polar surface area (TPSA) is 123 Å². The van der Waals surface area contributed by atoms with Gasteiger partial charge in [0.05, 0.1) is 29.8 Å². The maximum atomic E-state index is 13.9. The van der Waals surface area contributed by atoms with Crippen molar-refractivity contribution in [3.63, 3.8) is 0 Å². The number of carbonyl (C=O) groups is 2. The quantitative estimate of drug-likeness (QED) is 0.217. The van der Waals surface area contributed by atoms with Crippen molar-refractivity contribution in [2.45, 2.75) is 50.2 Å². The summed E-state index contributed by atoms with van der Waals surface area (Å²) in [5.74, 6) is 1.43. The van der Waals surface area contributed by atoms with E-state index in [2.05, 4.69) is 11.3 Å². The first-order valence-corrected chi connectivity index (χ1v) is 15.3. The molecule has 0 fully saturated rings. The molecule has 0 radical (unpaired) electrons. The van der Waals surface area contributed by atoms with Crippen molar-refractivity contribution in [1.82, 2.24) is 19.6 Å². The minimum atomic E-state index is -4.06. The lowest BCUT2D eigenvalue weighted by Gasteiger charge is -2.37. The van der Waals surface area contributed by atoms with Crippen molar-refractivity contribution < 1.29 is 27.5 Å². The SMILES string of the molecule is C#CCCC(=O)N(NC(=O)CN(C)C)[C@@H](Cc1ccccc1)[C@H](O)CN(CC(C)C)S(=O)(=O)c1ccc2occc2c1. The van der Waals surface area contributed by atoms with Crippen LogP contribution in [0.4, 0.5) is 0 Å². The number of rotatable bonds is 14. The van der Waals surface area contributed by atoms with E-state index in [4.69, 9.17) is 10.8 Å². The molecule has 0 aliphatic heterocycles. The lowest BCUT2D eigenvalue weighted by atomic mass is 9.99. The van der Waals surface area contributed by atoms with Crippen molar-refractivity contribution in [3.8, 4) is 12.3 Å². The van der Waals surface area contributed by atoms with Gasteiger partial charge >= 0.3 is 0 Å². The number of fused-ring (bicyclic) bond motifs is 1. The number of likely N-dealkylation sites (N-methyl/N-ethyl adjacent to an activating group) is 1. The van der Waals surface area contributed by atoms with E-state index in [1.165, 1.54) is 22.7 Å². The van der Waals surface area contributed by atoms with Gasteiger partial charge in [-0.05, 0) is 56.3 Å². The average Bonchev–Trinajstić information content (AvgIpc) is 3.41. The fourth-order valence-corrected chi connectivity index (χ4v) is 6.26. The predicted molar refractivity (Wildman–Crippen MR) is 161 cm³/mol. The van der Waals surface area contributed by atoms with Gasteiger partial charge in [0.1, 0.15) is 5.58 Å². The van der Waals surface area contributed by atoms with E-state index in [0.29, 0.717) is 11.0 Å². The zero-order valence-electron chi connectivity index (χ0n) is 24.6. The van der Waals surface area contributed by atoms with Crippen LogP contribution < -0.4 is 5.43 Å². The average molecular weight is 597 g/mol. The zero-order chi connectivity index (χ0) is 30.9. The van der Waals surface area contributed by atoms with Crippen molar-refractivity contribution in [3.05, 3.63) is 66.4 Å². The van der Waals surface area contributed by atoms with Crippen LogP contribution in [0.5, 0.6) is 0 Å². The van der Waals surface area contributed by atoms with Gasteiger partial charge in [0.15, 0.2) is 0 Å². The Kier molecular flexibility index (Phi) is 11.7. The molecular weight excluding hydrogens is 556 g/mol. The molecular formula is C31H40N4O6S. The van der Waals surface area contributed by atoms with Crippen molar-refractivity contribution in [1.29, 1.82) is 0 Å². The Bertz CT molecular complexity index is 1480. The number of furan rings is 1. The highest BCUT2D eigenvalue weighted by Crippen LogP contribution is 2.25. The van der Waals surface area contributed by atoms with Gasteiger partial charge in [0, 0.05) is 31.3 Å². The van der Waals surface area contributed by atoms with Gasteiger partial charge in [-0.1, -0.05) is 44.2 Å². The molecule has 1 aromatic heterocycles. The molecule has 0 bridgehead atoms. The second-order valence-electron chi connectivity index (χ2n) is 10.9. The number of hydrogen-bond donors (Lipinski definition) is 2. The van der Waals surface area contributed by atoms with Crippen LogP contribution in [0.3, 0.4) is 0 Å². The number of terminal acetylenes is 1. The van der Waals surface area contributed by atoms with E-state index < -0.39 is 34.0 Å². The van der Waals surface area contributed by atoms with Crippen LogP contribution in [-0.4, -0.2) is 85.4 Å². The van der Waals surface area contributed by atoms with E-state index in [0.717, 1.165) is 10.6 Å². The largest absolute Gasteiger partial charge is 0.464 e. The van der Waals surface area contributed by atoms with Crippen LogP contribution in [0.1, 0.15) is 32.3 Å². The second-order valence-corrected chi connectivity index (χ2v) is 12.8.